The Hall–Kier alpha value is 0.0500. The molecule has 0 aromatic heterocycles. The minimum Gasteiger partial charge on any atom is -0.389 e. The van der Waals surface area contributed by atoms with E-state index in [1.807, 2.05) is 31.7 Å². The maximum Gasteiger partial charge on any atom is 0.0726 e. The smallest absolute Gasteiger partial charge is 0.0726 e. The second-order valence-electron chi connectivity index (χ2n) is 4.10. The van der Waals surface area contributed by atoms with Crippen molar-refractivity contribution in [3.63, 3.8) is 0 Å². The fraction of sp³-hybridized carbons (Fsp3) is 0.818. The van der Waals surface area contributed by atoms with E-state index in [2.05, 4.69) is 0 Å². The third-order valence-electron chi connectivity index (χ3n) is 2.44. The van der Waals surface area contributed by atoms with Gasteiger partial charge in [-0.2, -0.15) is 11.8 Å². The molecule has 1 rings (SSSR count). The highest BCUT2D eigenvalue weighted by Crippen LogP contribution is 2.26. The SMILES string of the molecule is CC(C)=CC(O)CC1CCSCC1. The molecule has 0 aromatic carbocycles. The van der Waals surface area contributed by atoms with Crippen LogP contribution in [0.15, 0.2) is 11.6 Å². The Morgan fingerprint density at radius 2 is 2.08 bits per heavy atom. The number of hydrogen-bond acceptors (Lipinski definition) is 2. The monoisotopic (exact) mass is 200 g/mol. The average molecular weight is 200 g/mol. The molecule has 0 spiro atoms. The molecular formula is C11H20OS. The molecule has 2 heteroatoms. The van der Waals surface area contributed by atoms with E-state index in [-0.39, 0.29) is 6.10 Å². The summed E-state index contributed by atoms with van der Waals surface area (Å²) in [6, 6.07) is 0. The number of allylic oxidation sites excluding steroid dienone is 1. The van der Waals surface area contributed by atoms with Crippen molar-refractivity contribution in [2.24, 2.45) is 5.92 Å². The summed E-state index contributed by atoms with van der Waals surface area (Å²) in [6.07, 6.45) is 5.31. The topological polar surface area (TPSA) is 20.2 Å². The molecule has 13 heavy (non-hydrogen) atoms. The van der Waals surface area contributed by atoms with Crippen LogP contribution in [0, 0.1) is 5.92 Å². The molecule has 1 aliphatic heterocycles. The summed E-state index contributed by atoms with van der Waals surface area (Å²) in [5.41, 5.74) is 1.22. The van der Waals surface area contributed by atoms with Crippen LogP contribution in [0.25, 0.3) is 0 Å². The van der Waals surface area contributed by atoms with Gasteiger partial charge in [-0.3, -0.25) is 0 Å². The van der Waals surface area contributed by atoms with Gasteiger partial charge in [-0.1, -0.05) is 11.6 Å². The van der Waals surface area contributed by atoms with Crippen LogP contribution in [0.1, 0.15) is 33.1 Å². The second-order valence-corrected chi connectivity index (χ2v) is 5.33. The molecule has 0 aliphatic carbocycles. The maximum atomic E-state index is 9.69. The van der Waals surface area contributed by atoms with Crippen molar-refractivity contribution >= 4 is 11.8 Å². The fourth-order valence-electron chi connectivity index (χ4n) is 1.78. The Bertz CT molecular complexity index is 167. The van der Waals surface area contributed by atoms with Crippen LogP contribution >= 0.6 is 11.8 Å². The summed E-state index contributed by atoms with van der Waals surface area (Å²) in [5.74, 6) is 3.32. The highest BCUT2D eigenvalue weighted by Gasteiger charge is 2.16. The molecule has 1 unspecified atom stereocenters. The van der Waals surface area contributed by atoms with Gasteiger partial charge in [-0.15, -0.1) is 0 Å². The van der Waals surface area contributed by atoms with Crippen molar-refractivity contribution < 1.29 is 5.11 Å². The van der Waals surface area contributed by atoms with Crippen molar-refractivity contribution in [3.05, 3.63) is 11.6 Å². The van der Waals surface area contributed by atoms with Crippen LogP contribution in [0.2, 0.25) is 0 Å². The third kappa shape index (κ3) is 4.72. The van der Waals surface area contributed by atoms with Gasteiger partial charge < -0.3 is 5.11 Å². The summed E-state index contributed by atoms with van der Waals surface area (Å²) in [6.45, 7) is 4.08. The van der Waals surface area contributed by atoms with Crippen molar-refractivity contribution in [1.29, 1.82) is 0 Å². The number of rotatable bonds is 3. The highest BCUT2D eigenvalue weighted by molar-refractivity contribution is 7.99. The quantitative estimate of drug-likeness (QED) is 0.707. The molecule has 1 fully saturated rings. The average Bonchev–Trinajstić information content (AvgIpc) is 2.04. The molecule has 1 N–H and O–H groups in total. The molecule has 1 aliphatic rings. The Morgan fingerprint density at radius 3 is 2.62 bits per heavy atom. The highest BCUT2D eigenvalue weighted by atomic mass is 32.2. The van der Waals surface area contributed by atoms with Crippen LogP contribution in [0.4, 0.5) is 0 Å². The molecule has 1 heterocycles. The Labute approximate surface area is 85.6 Å². The molecule has 1 saturated heterocycles. The number of hydrogen-bond donors (Lipinski definition) is 1. The van der Waals surface area contributed by atoms with E-state index in [1.54, 1.807) is 0 Å². The lowest BCUT2D eigenvalue weighted by atomic mass is 9.95. The first-order valence-electron chi connectivity index (χ1n) is 5.09. The second kappa shape index (κ2) is 5.71. The van der Waals surface area contributed by atoms with Crippen LogP contribution in [0.5, 0.6) is 0 Å². The molecule has 0 radical (unpaired) electrons. The van der Waals surface area contributed by atoms with E-state index in [0.29, 0.717) is 0 Å². The molecule has 0 amide bonds. The van der Waals surface area contributed by atoms with E-state index in [0.717, 1.165) is 12.3 Å². The van der Waals surface area contributed by atoms with Gasteiger partial charge in [-0.25, -0.2) is 0 Å². The predicted octanol–water partition coefficient (Wildman–Crippen LogP) is 2.85. The van der Waals surface area contributed by atoms with Crippen LogP contribution in [-0.2, 0) is 0 Å². The van der Waals surface area contributed by atoms with Crippen LogP contribution in [-0.4, -0.2) is 22.7 Å². The van der Waals surface area contributed by atoms with Crippen LogP contribution < -0.4 is 0 Å². The molecule has 76 valence electrons. The van der Waals surface area contributed by atoms with E-state index >= 15 is 0 Å². The third-order valence-corrected chi connectivity index (χ3v) is 3.49. The van der Waals surface area contributed by atoms with Gasteiger partial charge in [0.25, 0.3) is 0 Å². The lowest BCUT2D eigenvalue weighted by Gasteiger charge is -2.22. The van der Waals surface area contributed by atoms with Crippen molar-refractivity contribution in [2.75, 3.05) is 11.5 Å². The van der Waals surface area contributed by atoms with Gasteiger partial charge in [0.2, 0.25) is 0 Å². The van der Waals surface area contributed by atoms with E-state index in [1.165, 1.54) is 29.9 Å². The largest absolute Gasteiger partial charge is 0.389 e. The zero-order valence-corrected chi connectivity index (χ0v) is 9.44. The summed E-state index contributed by atoms with van der Waals surface area (Å²) >= 11 is 2.04. The van der Waals surface area contributed by atoms with Crippen molar-refractivity contribution in [3.8, 4) is 0 Å². The zero-order chi connectivity index (χ0) is 9.68. The molecule has 1 nitrogen and oxygen atoms in total. The van der Waals surface area contributed by atoms with E-state index in [9.17, 15) is 5.11 Å². The fourth-order valence-corrected chi connectivity index (χ4v) is 2.98. The van der Waals surface area contributed by atoms with Crippen molar-refractivity contribution in [1.82, 2.24) is 0 Å². The minimum absolute atomic E-state index is 0.210. The maximum absolute atomic E-state index is 9.69. The summed E-state index contributed by atoms with van der Waals surface area (Å²) in [4.78, 5) is 0. The van der Waals surface area contributed by atoms with Gasteiger partial charge in [0.05, 0.1) is 6.10 Å². The molecule has 0 aromatic rings. The molecule has 0 saturated carbocycles. The lowest BCUT2D eigenvalue weighted by Crippen LogP contribution is -2.16. The summed E-state index contributed by atoms with van der Waals surface area (Å²) < 4.78 is 0. The molecule has 0 bridgehead atoms. The van der Waals surface area contributed by atoms with Crippen LogP contribution in [0.3, 0.4) is 0 Å². The van der Waals surface area contributed by atoms with Gasteiger partial charge >= 0.3 is 0 Å². The predicted molar refractivity (Wildman–Crippen MR) is 60.1 cm³/mol. The number of aliphatic hydroxyl groups is 1. The Balaban J connectivity index is 2.26. The normalized spacial score (nSPS) is 21.2. The zero-order valence-electron chi connectivity index (χ0n) is 8.62. The van der Waals surface area contributed by atoms with Gasteiger partial charge in [0, 0.05) is 0 Å². The van der Waals surface area contributed by atoms with Crippen molar-refractivity contribution in [2.45, 2.75) is 39.2 Å². The minimum atomic E-state index is -0.210. The summed E-state index contributed by atoms with van der Waals surface area (Å²) in [7, 11) is 0. The first-order chi connectivity index (χ1) is 6.18. The lowest BCUT2D eigenvalue weighted by molar-refractivity contribution is 0.182. The standard InChI is InChI=1S/C11H20OS/c1-9(2)7-11(12)8-10-3-5-13-6-4-10/h7,10-12H,3-6,8H2,1-2H3. The first-order valence-corrected chi connectivity index (χ1v) is 6.25. The molecular weight excluding hydrogens is 180 g/mol. The Morgan fingerprint density at radius 1 is 1.46 bits per heavy atom. The summed E-state index contributed by atoms with van der Waals surface area (Å²) in [5, 5.41) is 9.69. The Kier molecular flexibility index (Phi) is 4.89. The number of aliphatic hydroxyl groups excluding tert-OH is 1. The molecule has 1 atom stereocenters. The first kappa shape index (κ1) is 11.1. The van der Waals surface area contributed by atoms with Gasteiger partial charge in [-0.05, 0) is 50.5 Å². The van der Waals surface area contributed by atoms with Gasteiger partial charge in [0.1, 0.15) is 0 Å². The number of thioether (sulfide) groups is 1. The van der Waals surface area contributed by atoms with Gasteiger partial charge in [0.15, 0.2) is 0 Å². The van der Waals surface area contributed by atoms with E-state index in [4.69, 9.17) is 0 Å². The van der Waals surface area contributed by atoms with E-state index < -0.39 is 0 Å².